The lowest BCUT2D eigenvalue weighted by Crippen LogP contribution is -2.38. The van der Waals surface area contributed by atoms with E-state index in [0.29, 0.717) is 5.69 Å². The summed E-state index contributed by atoms with van der Waals surface area (Å²) in [5.74, 6) is -0.510. The number of carbonyl (C=O) groups excluding carboxylic acids is 1. The maximum absolute atomic E-state index is 12.0. The van der Waals surface area contributed by atoms with Crippen LogP contribution in [0.5, 0.6) is 0 Å². The SMILES string of the molecule is C=C(NCCCC(F)(F)F)C(=O)Nc1cc(C2(CO)CCC2)no1. The molecular weight excluding hydrogens is 327 g/mol. The van der Waals surface area contributed by atoms with Crippen LogP contribution in [0.2, 0.25) is 0 Å². The average Bonchev–Trinajstić information content (AvgIpc) is 2.90. The number of halogens is 3. The van der Waals surface area contributed by atoms with Gasteiger partial charge in [-0.1, -0.05) is 18.2 Å². The van der Waals surface area contributed by atoms with Gasteiger partial charge in [0.2, 0.25) is 5.88 Å². The molecular formula is C15H20F3N3O3. The monoisotopic (exact) mass is 347 g/mol. The molecule has 0 bridgehead atoms. The van der Waals surface area contributed by atoms with E-state index in [0.717, 1.165) is 19.3 Å². The van der Waals surface area contributed by atoms with Crippen LogP contribution in [0.3, 0.4) is 0 Å². The highest BCUT2D eigenvalue weighted by molar-refractivity contribution is 6.02. The van der Waals surface area contributed by atoms with Crippen molar-refractivity contribution >= 4 is 11.8 Å². The number of aliphatic hydroxyl groups is 1. The van der Waals surface area contributed by atoms with Crippen LogP contribution in [0.4, 0.5) is 19.1 Å². The van der Waals surface area contributed by atoms with Crippen LogP contribution in [0, 0.1) is 0 Å². The Kier molecular flexibility index (Phi) is 5.53. The Labute approximate surface area is 137 Å². The summed E-state index contributed by atoms with van der Waals surface area (Å²) in [7, 11) is 0. The number of nitrogens with zero attached hydrogens (tertiary/aromatic N) is 1. The summed E-state index contributed by atoms with van der Waals surface area (Å²) in [5, 5.41) is 18.3. The highest BCUT2D eigenvalue weighted by Crippen LogP contribution is 2.43. The second-order valence-electron chi connectivity index (χ2n) is 5.95. The van der Waals surface area contributed by atoms with Gasteiger partial charge in [0.1, 0.15) is 0 Å². The Morgan fingerprint density at radius 2 is 2.17 bits per heavy atom. The fraction of sp³-hybridized carbons (Fsp3) is 0.600. The first kappa shape index (κ1) is 18.3. The molecule has 1 aliphatic carbocycles. The number of aliphatic hydroxyl groups excluding tert-OH is 1. The highest BCUT2D eigenvalue weighted by atomic mass is 19.4. The molecule has 1 saturated carbocycles. The van der Waals surface area contributed by atoms with Crippen LogP contribution >= 0.6 is 0 Å². The third kappa shape index (κ3) is 4.50. The Hall–Kier alpha value is -2.03. The van der Waals surface area contributed by atoms with Gasteiger partial charge in [-0.15, -0.1) is 0 Å². The molecule has 3 N–H and O–H groups in total. The minimum Gasteiger partial charge on any atom is -0.395 e. The smallest absolute Gasteiger partial charge is 0.389 e. The first-order chi connectivity index (χ1) is 11.3. The topological polar surface area (TPSA) is 87.4 Å². The summed E-state index contributed by atoms with van der Waals surface area (Å²) in [5.41, 5.74) is 0.116. The van der Waals surface area contributed by atoms with Crippen molar-refractivity contribution in [3.63, 3.8) is 0 Å². The van der Waals surface area contributed by atoms with E-state index in [1.807, 2.05) is 0 Å². The standard InChI is InChI=1S/C15H20F3N3O3/c1-10(19-7-3-6-15(16,17)18)13(23)20-12-8-11(21-24-12)14(9-22)4-2-5-14/h8,19,22H,1-7,9H2,(H,20,23). The van der Waals surface area contributed by atoms with Crippen molar-refractivity contribution in [3.8, 4) is 0 Å². The molecule has 1 heterocycles. The van der Waals surface area contributed by atoms with Gasteiger partial charge < -0.3 is 14.9 Å². The molecule has 2 rings (SSSR count). The van der Waals surface area contributed by atoms with E-state index in [4.69, 9.17) is 4.52 Å². The van der Waals surface area contributed by atoms with Crippen LogP contribution in [0.25, 0.3) is 0 Å². The number of nitrogens with one attached hydrogen (secondary N) is 2. The molecule has 6 nitrogen and oxygen atoms in total. The van der Waals surface area contributed by atoms with Gasteiger partial charge in [-0.25, -0.2) is 0 Å². The molecule has 0 spiro atoms. The van der Waals surface area contributed by atoms with Crippen molar-refractivity contribution in [1.29, 1.82) is 0 Å². The van der Waals surface area contributed by atoms with E-state index < -0.39 is 23.9 Å². The molecule has 1 aliphatic rings. The zero-order valence-corrected chi connectivity index (χ0v) is 13.1. The van der Waals surface area contributed by atoms with Gasteiger partial charge in [-0.2, -0.15) is 13.2 Å². The minimum absolute atomic E-state index is 0.0129. The Balaban J connectivity index is 1.80. The summed E-state index contributed by atoms with van der Waals surface area (Å²) in [6.07, 6.45) is -2.70. The molecule has 1 aromatic heterocycles. The largest absolute Gasteiger partial charge is 0.395 e. The molecule has 0 atom stereocenters. The molecule has 1 aromatic rings. The van der Waals surface area contributed by atoms with E-state index >= 15 is 0 Å². The number of hydrogen-bond donors (Lipinski definition) is 3. The summed E-state index contributed by atoms with van der Waals surface area (Å²) in [6.45, 7) is 3.42. The third-order valence-electron chi connectivity index (χ3n) is 4.15. The predicted molar refractivity (Wildman–Crippen MR) is 80.2 cm³/mol. The molecule has 9 heteroatoms. The van der Waals surface area contributed by atoms with Gasteiger partial charge in [0.05, 0.1) is 18.0 Å². The molecule has 1 amide bonds. The maximum atomic E-state index is 12.0. The van der Waals surface area contributed by atoms with Crippen molar-refractivity contribution in [2.75, 3.05) is 18.5 Å². The van der Waals surface area contributed by atoms with Gasteiger partial charge in [0, 0.05) is 24.4 Å². The van der Waals surface area contributed by atoms with Crippen LogP contribution in [0.15, 0.2) is 22.9 Å². The Morgan fingerprint density at radius 1 is 1.46 bits per heavy atom. The second-order valence-corrected chi connectivity index (χ2v) is 5.95. The number of aromatic nitrogens is 1. The summed E-state index contributed by atoms with van der Waals surface area (Å²) in [4.78, 5) is 11.9. The van der Waals surface area contributed by atoms with Crippen LogP contribution < -0.4 is 10.6 Å². The first-order valence-electron chi connectivity index (χ1n) is 7.65. The second kappa shape index (κ2) is 7.25. The molecule has 0 aromatic carbocycles. The third-order valence-corrected chi connectivity index (χ3v) is 4.15. The quantitative estimate of drug-likeness (QED) is 0.497. The number of rotatable bonds is 8. The summed E-state index contributed by atoms with van der Waals surface area (Å²) < 4.78 is 41.1. The van der Waals surface area contributed by atoms with Crippen molar-refractivity contribution in [1.82, 2.24) is 10.5 Å². The zero-order valence-electron chi connectivity index (χ0n) is 13.1. The van der Waals surface area contributed by atoms with Crippen molar-refractivity contribution in [3.05, 3.63) is 24.0 Å². The van der Waals surface area contributed by atoms with Crippen LogP contribution in [-0.2, 0) is 10.2 Å². The molecule has 134 valence electrons. The Morgan fingerprint density at radius 3 is 2.71 bits per heavy atom. The number of amides is 1. The van der Waals surface area contributed by atoms with E-state index in [1.165, 1.54) is 0 Å². The lowest BCUT2D eigenvalue weighted by Gasteiger charge is -2.38. The molecule has 0 aliphatic heterocycles. The maximum Gasteiger partial charge on any atom is 0.389 e. The lowest BCUT2D eigenvalue weighted by molar-refractivity contribution is -0.135. The lowest BCUT2D eigenvalue weighted by atomic mass is 9.67. The summed E-state index contributed by atoms with van der Waals surface area (Å²) >= 11 is 0. The molecule has 0 unspecified atom stereocenters. The van der Waals surface area contributed by atoms with Gasteiger partial charge in [-0.05, 0) is 19.3 Å². The van der Waals surface area contributed by atoms with Crippen molar-refractivity contribution in [2.24, 2.45) is 0 Å². The Bertz CT molecular complexity index is 589. The normalized spacial score (nSPS) is 16.3. The number of hydrogen-bond acceptors (Lipinski definition) is 5. The number of carbonyl (C=O) groups is 1. The zero-order chi connectivity index (χ0) is 17.8. The minimum atomic E-state index is -4.22. The van der Waals surface area contributed by atoms with Crippen LogP contribution in [-0.4, -0.2) is 35.5 Å². The predicted octanol–water partition coefficient (Wildman–Crippen LogP) is 2.47. The van der Waals surface area contributed by atoms with E-state index in [1.54, 1.807) is 6.07 Å². The fourth-order valence-corrected chi connectivity index (χ4v) is 2.48. The number of anilines is 1. The first-order valence-corrected chi connectivity index (χ1v) is 7.65. The van der Waals surface area contributed by atoms with E-state index in [-0.39, 0.29) is 31.2 Å². The van der Waals surface area contributed by atoms with Gasteiger partial charge in [0.15, 0.2) is 0 Å². The molecule has 0 saturated heterocycles. The molecule has 0 radical (unpaired) electrons. The van der Waals surface area contributed by atoms with E-state index in [9.17, 15) is 23.1 Å². The van der Waals surface area contributed by atoms with Crippen LogP contribution in [0.1, 0.15) is 37.8 Å². The highest BCUT2D eigenvalue weighted by Gasteiger charge is 2.41. The van der Waals surface area contributed by atoms with Gasteiger partial charge in [-0.3, -0.25) is 10.1 Å². The van der Waals surface area contributed by atoms with Gasteiger partial charge in [0.25, 0.3) is 5.91 Å². The van der Waals surface area contributed by atoms with E-state index in [2.05, 4.69) is 22.4 Å². The average molecular weight is 347 g/mol. The van der Waals surface area contributed by atoms with Crippen molar-refractivity contribution < 1.29 is 27.6 Å². The molecule has 1 fully saturated rings. The fourth-order valence-electron chi connectivity index (χ4n) is 2.48. The molecule has 24 heavy (non-hydrogen) atoms. The van der Waals surface area contributed by atoms with Gasteiger partial charge >= 0.3 is 6.18 Å². The summed E-state index contributed by atoms with van der Waals surface area (Å²) in [6, 6.07) is 1.55. The van der Waals surface area contributed by atoms with Crippen molar-refractivity contribution in [2.45, 2.75) is 43.7 Å². The number of alkyl halides is 3.